The molecule has 1 saturated heterocycles. The molecule has 3 heterocycles. The fourth-order valence-corrected chi connectivity index (χ4v) is 3.13. The molecule has 3 rings (SSSR count). The van der Waals surface area contributed by atoms with Crippen LogP contribution in [0.1, 0.15) is 41.7 Å². The van der Waals surface area contributed by atoms with E-state index in [4.69, 9.17) is 5.11 Å². The molecule has 6 nitrogen and oxygen atoms in total. The molecule has 1 N–H and O–H groups in total. The predicted molar refractivity (Wildman–Crippen MR) is 71.4 cm³/mol. The van der Waals surface area contributed by atoms with Crippen LogP contribution < -0.4 is 0 Å². The summed E-state index contributed by atoms with van der Waals surface area (Å²) in [5.74, 6) is -1.29. The maximum Gasteiger partial charge on any atom is 0.308 e. The van der Waals surface area contributed by atoms with Crippen molar-refractivity contribution in [3.05, 3.63) is 17.5 Å². The molecule has 108 valence electrons. The largest absolute Gasteiger partial charge is 0.481 e. The third kappa shape index (κ3) is 2.30. The summed E-state index contributed by atoms with van der Waals surface area (Å²) in [6.45, 7) is 1.84. The van der Waals surface area contributed by atoms with Crippen molar-refractivity contribution >= 4 is 11.9 Å². The van der Waals surface area contributed by atoms with Crippen molar-refractivity contribution < 1.29 is 14.7 Å². The van der Waals surface area contributed by atoms with E-state index < -0.39 is 11.9 Å². The molecule has 0 aromatic carbocycles. The van der Waals surface area contributed by atoms with Gasteiger partial charge in [-0.05, 0) is 32.1 Å². The molecule has 0 spiro atoms. The first-order valence-corrected chi connectivity index (χ1v) is 7.23. The van der Waals surface area contributed by atoms with Gasteiger partial charge in [0, 0.05) is 19.6 Å². The van der Waals surface area contributed by atoms with E-state index in [1.54, 1.807) is 11.1 Å². The number of hydrogen-bond donors (Lipinski definition) is 1. The molecule has 0 bridgehead atoms. The van der Waals surface area contributed by atoms with Crippen LogP contribution in [0.15, 0.2) is 6.20 Å². The van der Waals surface area contributed by atoms with E-state index in [1.807, 2.05) is 4.68 Å². The van der Waals surface area contributed by atoms with E-state index in [1.165, 1.54) is 0 Å². The maximum atomic E-state index is 12.6. The molecule has 2 aliphatic rings. The molecule has 6 heteroatoms. The average molecular weight is 277 g/mol. The standard InChI is InChI=1S/C14H19N3O3/c18-13(16-6-3-4-10(9-16)14(19)20)11-8-15-17-7-2-1-5-12(11)17/h8,10H,1-7,9H2,(H,19,20). The molecule has 0 aliphatic carbocycles. The Hall–Kier alpha value is -1.85. The number of aromatic nitrogens is 2. The molecule has 1 aromatic rings. The number of carboxylic acids is 1. The van der Waals surface area contributed by atoms with Crippen molar-refractivity contribution in [2.45, 2.75) is 38.6 Å². The Morgan fingerprint density at radius 1 is 1.25 bits per heavy atom. The highest BCUT2D eigenvalue weighted by molar-refractivity contribution is 5.95. The number of hydrogen-bond acceptors (Lipinski definition) is 3. The number of carbonyl (C=O) groups is 2. The van der Waals surface area contributed by atoms with Gasteiger partial charge in [-0.1, -0.05) is 0 Å². The van der Waals surface area contributed by atoms with Gasteiger partial charge in [0.15, 0.2) is 0 Å². The number of nitrogens with zero attached hydrogens (tertiary/aromatic N) is 3. The highest BCUT2D eigenvalue weighted by Gasteiger charge is 2.30. The fraction of sp³-hybridized carbons (Fsp3) is 0.643. The lowest BCUT2D eigenvalue weighted by molar-refractivity contribution is -0.143. The molecule has 2 aliphatic heterocycles. The van der Waals surface area contributed by atoms with E-state index >= 15 is 0 Å². The van der Waals surface area contributed by atoms with Crippen molar-refractivity contribution in [2.24, 2.45) is 5.92 Å². The molecule has 1 fully saturated rings. The normalized spacial score (nSPS) is 22.4. The summed E-state index contributed by atoms with van der Waals surface area (Å²) in [7, 11) is 0. The Morgan fingerprint density at radius 3 is 2.90 bits per heavy atom. The van der Waals surface area contributed by atoms with Crippen molar-refractivity contribution in [2.75, 3.05) is 13.1 Å². The van der Waals surface area contributed by atoms with Gasteiger partial charge in [-0.3, -0.25) is 14.3 Å². The molecule has 0 radical (unpaired) electrons. The quantitative estimate of drug-likeness (QED) is 0.880. The molecule has 0 saturated carbocycles. The van der Waals surface area contributed by atoms with Crippen LogP contribution in [0.25, 0.3) is 0 Å². The zero-order valence-electron chi connectivity index (χ0n) is 11.4. The van der Waals surface area contributed by atoms with Gasteiger partial charge in [-0.15, -0.1) is 0 Å². The number of fused-ring (bicyclic) bond motifs is 1. The van der Waals surface area contributed by atoms with Gasteiger partial charge in [-0.25, -0.2) is 0 Å². The molecule has 1 aromatic heterocycles. The maximum absolute atomic E-state index is 12.6. The topological polar surface area (TPSA) is 75.4 Å². The number of rotatable bonds is 2. The second kappa shape index (κ2) is 5.26. The van der Waals surface area contributed by atoms with Gasteiger partial charge in [0.25, 0.3) is 5.91 Å². The molecule has 20 heavy (non-hydrogen) atoms. The van der Waals surface area contributed by atoms with Crippen LogP contribution in [-0.4, -0.2) is 44.8 Å². The SMILES string of the molecule is O=C(O)C1CCCN(C(=O)c2cnn3c2CCCC3)C1. The Bertz CT molecular complexity index is 538. The van der Waals surface area contributed by atoms with Crippen LogP contribution in [0.4, 0.5) is 0 Å². The molecule has 1 atom stereocenters. The summed E-state index contributed by atoms with van der Waals surface area (Å²) in [6.07, 6.45) is 6.14. The number of likely N-dealkylation sites (tertiary alicyclic amines) is 1. The minimum atomic E-state index is -0.806. The zero-order valence-corrected chi connectivity index (χ0v) is 11.4. The number of piperidine rings is 1. The Balaban J connectivity index is 1.78. The Morgan fingerprint density at radius 2 is 2.10 bits per heavy atom. The van der Waals surface area contributed by atoms with Gasteiger partial charge >= 0.3 is 5.97 Å². The third-order valence-electron chi connectivity index (χ3n) is 4.27. The van der Waals surface area contributed by atoms with Crippen LogP contribution in [0.5, 0.6) is 0 Å². The van der Waals surface area contributed by atoms with E-state index in [0.29, 0.717) is 25.1 Å². The summed E-state index contributed by atoms with van der Waals surface area (Å²) < 4.78 is 1.91. The summed E-state index contributed by atoms with van der Waals surface area (Å²) >= 11 is 0. The smallest absolute Gasteiger partial charge is 0.308 e. The van der Waals surface area contributed by atoms with Crippen LogP contribution >= 0.6 is 0 Å². The monoisotopic (exact) mass is 277 g/mol. The lowest BCUT2D eigenvalue weighted by Gasteiger charge is -2.30. The molecule has 1 unspecified atom stereocenters. The van der Waals surface area contributed by atoms with Crippen molar-refractivity contribution in [1.82, 2.24) is 14.7 Å². The fourth-order valence-electron chi connectivity index (χ4n) is 3.13. The van der Waals surface area contributed by atoms with Gasteiger partial charge in [0.1, 0.15) is 0 Å². The van der Waals surface area contributed by atoms with E-state index in [0.717, 1.165) is 37.9 Å². The predicted octanol–water partition coefficient (Wildman–Crippen LogP) is 1.16. The minimum Gasteiger partial charge on any atom is -0.481 e. The zero-order chi connectivity index (χ0) is 14.1. The Labute approximate surface area is 117 Å². The first-order chi connectivity index (χ1) is 9.66. The summed E-state index contributed by atoms with van der Waals surface area (Å²) in [6, 6.07) is 0. The first kappa shape index (κ1) is 13.1. The summed E-state index contributed by atoms with van der Waals surface area (Å²) in [5.41, 5.74) is 1.68. The highest BCUT2D eigenvalue weighted by atomic mass is 16.4. The van der Waals surface area contributed by atoms with Crippen molar-refractivity contribution in [3.63, 3.8) is 0 Å². The number of carbonyl (C=O) groups excluding carboxylic acids is 1. The van der Waals surface area contributed by atoms with Gasteiger partial charge in [0.2, 0.25) is 0 Å². The second-order valence-corrected chi connectivity index (χ2v) is 5.61. The second-order valence-electron chi connectivity index (χ2n) is 5.61. The summed E-state index contributed by atoms with van der Waals surface area (Å²) in [5, 5.41) is 13.4. The van der Waals surface area contributed by atoms with E-state index in [-0.39, 0.29) is 5.91 Å². The third-order valence-corrected chi connectivity index (χ3v) is 4.27. The number of aryl methyl sites for hydroxylation is 1. The molecular formula is C14H19N3O3. The number of amides is 1. The van der Waals surface area contributed by atoms with Crippen LogP contribution in [-0.2, 0) is 17.8 Å². The van der Waals surface area contributed by atoms with E-state index in [9.17, 15) is 9.59 Å². The molecular weight excluding hydrogens is 258 g/mol. The van der Waals surface area contributed by atoms with Crippen LogP contribution in [0.3, 0.4) is 0 Å². The van der Waals surface area contributed by atoms with Gasteiger partial charge in [-0.2, -0.15) is 5.10 Å². The number of aliphatic carboxylic acids is 1. The first-order valence-electron chi connectivity index (χ1n) is 7.23. The number of carboxylic acid groups (broad SMARTS) is 1. The van der Waals surface area contributed by atoms with Crippen LogP contribution in [0.2, 0.25) is 0 Å². The Kier molecular flexibility index (Phi) is 3.46. The van der Waals surface area contributed by atoms with Crippen molar-refractivity contribution in [1.29, 1.82) is 0 Å². The summed E-state index contributed by atoms with van der Waals surface area (Å²) in [4.78, 5) is 25.3. The van der Waals surface area contributed by atoms with Crippen LogP contribution in [0, 0.1) is 5.92 Å². The van der Waals surface area contributed by atoms with Gasteiger partial charge < -0.3 is 10.0 Å². The lowest BCUT2D eigenvalue weighted by Crippen LogP contribution is -2.42. The minimum absolute atomic E-state index is 0.0564. The lowest BCUT2D eigenvalue weighted by atomic mass is 9.97. The van der Waals surface area contributed by atoms with E-state index in [2.05, 4.69) is 5.10 Å². The average Bonchev–Trinajstić information content (AvgIpc) is 2.90. The van der Waals surface area contributed by atoms with Crippen molar-refractivity contribution in [3.8, 4) is 0 Å². The molecule has 1 amide bonds. The van der Waals surface area contributed by atoms with Gasteiger partial charge in [0.05, 0.1) is 23.4 Å². The highest BCUT2D eigenvalue weighted by Crippen LogP contribution is 2.23.